The van der Waals surface area contributed by atoms with E-state index in [1.807, 2.05) is 30.5 Å². The summed E-state index contributed by atoms with van der Waals surface area (Å²) in [4.78, 5) is 22.9. The molecule has 0 aliphatic carbocycles. The molecule has 0 N–H and O–H groups in total. The quantitative estimate of drug-likeness (QED) is 0.678. The number of hydrogen-bond acceptors (Lipinski definition) is 5. The Balaban J connectivity index is 1.56. The molecule has 4 heterocycles. The second kappa shape index (κ2) is 7.95. The maximum atomic E-state index is 12.0. The zero-order valence-electron chi connectivity index (χ0n) is 15.3. The van der Waals surface area contributed by atoms with E-state index in [-0.39, 0.29) is 18.2 Å². The van der Waals surface area contributed by atoms with E-state index in [0.29, 0.717) is 30.4 Å². The van der Waals surface area contributed by atoms with Crippen LogP contribution in [0.3, 0.4) is 0 Å². The smallest absolute Gasteiger partial charge is 0.236 e. The fraction of sp³-hybridized carbons (Fsp3) is 0.350. The number of piperidine rings is 1. The van der Waals surface area contributed by atoms with Crippen molar-refractivity contribution in [3.63, 3.8) is 0 Å². The molecular formula is C20H19ClN6O. The molecule has 0 saturated carbocycles. The van der Waals surface area contributed by atoms with Crippen molar-refractivity contribution >= 4 is 23.0 Å². The van der Waals surface area contributed by atoms with Crippen LogP contribution in [0.1, 0.15) is 25.0 Å². The van der Waals surface area contributed by atoms with Crippen molar-refractivity contribution in [3.8, 4) is 17.5 Å². The molecule has 1 fully saturated rings. The molecule has 1 saturated heterocycles. The van der Waals surface area contributed by atoms with E-state index in [9.17, 15) is 4.79 Å². The van der Waals surface area contributed by atoms with Crippen molar-refractivity contribution in [1.82, 2.24) is 24.5 Å². The number of amides is 1. The van der Waals surface area contributed by atoms with Gasteiger partial charge in [0.15, 0.2) is 5.82 Å². The van der Waals surface area contributed by atoms with E-state index in [1.54, 1.807) is 21.8 Å². The maximum Gasteiger partial charge on any atom is 0.236 e. The molecule has 1 aliphatic rings. The largest absolute Gasteiger partial charge is 0.342 e. The predicted octanol–water partition coefficient (Wildman–Crippen LogP) is 3.14. The van der Waals surface area contributed by atoms with Crippen molar-refractivity contribution in [1.29, 1.82) is 5.26 Å². The highest BCUT2D eigenvalue weighted by atomic mass is 35.5. The van der Waals surface area contributed by atoms with Crippen LogP contribution in [0.25, 0.3) is 16.9 Å². The molecule has 3 aromatic heterocycles. The SMILES string of the molecule is N#CCC(=O)N1CCC[C@@H](Cc2nc(-c3cnn4ccccc34)ncc2Cl)C1. The molecule has 1 aliphatic heterocycles. The van der Waals surface area contributed by atoms with Gasteiger partial charge in [0.2, 0.25) is 5.91 Å². The van der Waals surface area contributed by atoms with E-state index in [4.69, 9.17) is 21.8 Å². The van der Waals surface area contributed by atoms with E-state index in [0.717, 1.165) is 29.6 Å². The Morgan fingerprint density at radius 2 is 2.25 bits per heavy atom. The third-order valence-corrected chi connectivity index (χ3v) is 5.38. The van der Waals surface area contributed by atoms with Crippen molar-refractivity contribution in [2.45, 2.75) is 25.7 Å². The molecule has 142 valence electrons. The normalized spacial score (nSPS) is 16.9. The standard InChI is InChI=1S/C20H19ClN6O/c21-16-12-23-20(15-11-24-27-9-2-1-5-18(15)27)25-17(16)10-14-4-3-8-26(13-14)19(28)6-7-22/h1-2,5,9,11-12,14H,3-4,6,8,10,13H2/t14-/m0/s1. The first-order valence-corrected chi connectivity index (χ1v) is 9.62. The number of carbonyl (C=O) groups excluding carboxylic acids is 1. The first kappa shape index (κ1) is 18.4. The summed E-state index contributed by atoms with van der Waals surface area (Å²) in [6.07, 6.45) is 7.79. The Morgan fingerprint density at radius 1 is 1.36 bits per heavy atom. The lowest BCUT2D eigenvalue weighted by molar-refractivity contribution is -0.131. The summed E-state index contributed by atoms with van der Waals surface area (Å²) in [5.74, 6) is 0.752. The second-order valence-corrected chi connectivity index (χ2v) is 7.37. The number of halogens is 1. The van der Waals surface area contributed by atoms with E-state index in [2.05, 4.69) is 10.1 Å². The average Bonchev–Trinajstić information content (AvgIpc) is 3.14. The summed E-state index contributed by atoms with van der Waals surface area (Å²) >= 11 is 6.37. The van der Waals surface area contributed by atoms with E-state index >= 15 is 0 Å². The van der Waals surface area contributed by atoms with Crippen molar-refractivity contribution in [3.05, 3.63) is 47.5 Å². The highest BCUT2D eigenvalue weighted by molar-refractivity contribution is 6.31. The van der Waals surface area contributed by atoms with Gasteiger partial charge in [-0.1, -0.05) is 17.7 Å². The van der Waals surface area contributed by atoms with E-state index < -0.39 is 0 Å². The van der Waals surface area contributed by atoms with Gasteiger partial charge < -0.3 is 4.90 Å². The van der Waals surface area contributed by atoms with Crippen LogP contribution in [0.4, 0.5) is 0 Å². The number of hydrogen-bond donors (Lipinski definition) is 0. The topological polar surface area (TPSA) is 87.2 Å². The number of pyridine rings is 1. The summed E-state index contributed by atoms with van der Waals surface area (Å²) in [5, 5.41) is 13.6. The maximum absolute atomic E-state index is 12.0. The molecule has 0 spiro atoms. The van der Waals surface area contributed by atoms with Crippen LogP contribution in [0.15, 0.2) is 36.8 Å². The van der Waals surface area contributed by atoms with Gasteiger partial charge in [0.05, 0.1) is 34.1 Å². The zero-order chi connectivity index (χ0) is 19.5. The first-order chi connectivity index (χ1) is 13.7. The molecule has 3 aromatic rings. The van der Waals surface area contributed by atoms with Crippen LogP contribution in [0, 0.1) is 17.2 Å². The summed E-state index contributed by atoms with van der Waals surface area (Å²) in [7, 11) is 0. The number of nitrogens with zero attached hydrogens (tertiary/aromatic N) is 6. The molecule has 0 bridgehead atoms. The lowest BCUT2D eigenvalue weighted by atomic mass is 9.93. The molecule has 1 amide bonds. The third-order valence-electron chi connectivity index (χ3n) is 5.07. The second-order valence-electron chi connectivity index (χ2n) is 6.96. The van der Waals surface area contributed by atoms with Crippen LogP contribution in [-0.4, -0.2) is 43.5 Å². The van der Waals surface area contributed by atoms with Crippen LogP contribution in [0.5, 0.6) is 0 Å². The van der Waals surface area contributed by atoms with Gasteiger partial charge >= 0.3 is 0 Å². The number of aromatic nitrogens is 4. The Bertz CT molecular complexity index is 1060. The summed E-state index contributed by atoms with van der Waals surface area (Å²) in [6.45, 7) is 1.34. The predicted molar refractivity (Wildman–Crippen MR) is 104 cm³/mol. The van der Waals surface area contributed by atoms with Gasteiger partial charge in [0.25, 0.3) is 0 Å². The molecule has 1 atom stereocenters. The van der Waals surface area contributed by atoms with Crippen LogP contribution >= 0.6 is 11.6 Å². The summed E-state index contributed by atoms with van der Waals surface area (Å²) in [6, 6.07) is 7.77. The van der Waals surface area contributed by atoms with Gasteiger partial charge in [-0.25, -0.2) is 14.5 Å². The van der Waals surface area contributed by atoms with Crippen LogP contribution in [0.2, 0.25) is 5.02 Å². The third kappa shape index (κ3) is 3.69. The lowest BCUT2D eigenvalue weighted by Crippen LogP contribution is -2.40. The van der Waals surface area contributed by atoms with Crippen molar-refractivity contribution in [2.24, 2.45) is 5.92 Å². The number of fused-ring (bicyclic) bond motifs is 1. The van der Waals surface area contributed by atoms with Crippen molar-refractivity contribution in [2.75, 3.05) is 13.1 Å². The minimum atomic E-state index is -0.104. The Hall–Kier alpha value is -2.98. The highest BCUT2D eigenvalue weighted by Crippen LogP contribution is 2.27. The molecule has 0 unspecified atom stereocenters. The fourth-order valence-electron chi connectivity index (χ4n) is 3.69. The number of likely N-dealkylation sites (tertiary alicyclic amines) is 1. The zero-order valence-corrected chi connectivity index (χ0v) is 16.0. The summed E-state index contributed by atoms with van der Waals surface area (Å²) in [5.41, 5.74) is 2.57. The van der Waals surface area contributed by atoms with Gasteiger partial charge in [0, 0.05) is 25.5 Å². The number of nitriles is 1. The number of carbonyl (C=O) groups is 1. The molecule has 4 rings (SSSR count). The summed E-state index contributed by atoms with van der Waals surface area (Å²) < 4.78 is 1.78. The first-order valence-electron chi connectivity index (χ1n) is 9.24. The van der Waals surface area contributed by atoms with Gasteiger partial charge in [-0.15, -0.1) is 0 Å². The minimum Gasteiger partial charge on any atom is -0.342 e. The van der Waals surface area contributed by atoms with Crippen LogP contribution in [-0.2, 0) is 11.2 Å². The fourth-order valence-corrected chi connectivity index (χ4v) is 3.86. The minimum absolute atomic E-state index is 0.0696. The van der Waals surface area contributed by atoms with Crippen LogP contribution < -0.4 is 0 Å². The molecule has 28 heavy (non-hydrogen) atoms. The van der Waals surface area contributed by atoms with Crippen molar-refractivity contribution < 1.29 is 4.79 Å². The molecule has 7 nitrogen and oxygen atoms in total. The Morgan fingerprint density at radius 3 is 3.11 bits per heavy atom. The monoisotopic (exact) mass is 394 g/mol. The molecule has 0 aromatic carbocycles. The van der Waals surface area contributed by atoms with Gasteiger partial charge in [0.1, 0.15) is 6.42 Å². The van der Waals surface area contributed by atoms with E-state index in [1.165, 1.54) is 0 Å². The van der Waals surface area contributed by atoms with Gasteiger partial charge in [-0.2, -0.15) is 10.4 Å². The molecular weight excluding hydrogens is 376 g/mol. The Labute approximate surface area is 167 Å². The van der Waals surface area contributed by atoms with Gasteiger partial charge in [-0.3, -0.25) is 4.79 Å². The molecule has 0 radical (unpaired) electrons. The average molecular weight is 395 g/mol. The lowest BCUT2D eigenvalue weighted by Gasteiger charge is -2.32. The number of rotatable bonds is 4. The highest BCUT2D eigenvalue weighted by Gasteiger charge is 2.25. The molecule has 8 heteroatoms. The van der Waals surface area contributed by atoms with Gasteiger partial charge in [-0.05, 0) is 37.3 Å². The Kier molecular flexibility index (Phi) is 5.22.